The molecule has 144 valence electrons. The van der Waals surface area contributed by atoms with Crippen molar-refractivity contribution in [3.05, 3.63) is 0 Å². The van der Waals surface area contributed by atoms with E-state index in [-0.39, 0.29) is 30.2 Å². The predicted molar refractivity (Wildman–Crippen MR) is 97.2 cm³/mol. The number of likely N-dealkylation sites (N-methyl/N-ethyl adjacent to an activating group) is 1. The van der Waals surface area contributed by atoms with Gasteiger partial charge in [-0.3, -0.25) is 14.5 Å². The molecule has 0 aromatic heterocycles. The molecule has 2 saturated heterocycles. The van der Waals surface area contributed by atoms with Crippen molar-refractivity contribution in [1.82, 2.24) is 4.90 Å². The molecule has 0 aromatic rings. The van der Waals surface area contributed by atoms with E-state index in [4.69, 9.17) is 9.47 Å². The van der Waals surface area contributed by atoms with Gasteiger partial charge in [-0.05, 0) is 19.9 Å². The van der Waals surface area contributed by atoms with E-state index in [2.05, 4.69) is 25.8 Å². The fourth-order valence-corrected chi connectivity index (χ4v) is 4.11. The van der Waals surface area contributed by atoms with Crippen LogP contribution < -0.4 is 0 Å². The Morgan fingerprint density at radius 1 is 0.880 bits per heavy atom. The largest absolute Gasteiger partial charge is 0.462 e. The topological polar surface area (TPSA) is 55.8 Å². The average Bonchev–Trinajstić information content (AvgIpc) is 2.74. The lowest BCUT2D eigenvalue weighted by Crippen LogP contribution is -2.46. The zero-order valence-electron chi connectivity index (χ0n) is 16.2. The highest BCUT2D eigenvalue weighted by Gasteiger charge is 2.47. The van der Waals surface area contributed by atoms with E-state index in [1.165, 1.54) is 0 Å². The highest BCUT2D eigenvalue weighted by atomic mass is 16.6. The minimum Gasteiger partial charge on any atom is -0.462 e. The molecule has 0 radical (unpaired) electrons. The van der Waals surface area contributed by atoms with Crippen molar-refractivity contribution < 1.29 is 19.1 Å². The number of fused-ring (bicyclic) bond motifs is 2. The molecule has 0 N–H and O–H groups in total. The normalized spacial score (nSPS) is 28.8. The Hall–Kier alpha value is -1.10. The second-order valence-electron chi connectivity index (χ2n) is 7.65. The van der Waals surface area contributed by atoms with Crippen LogP contribution in [0.5, 0.6) is 0 Å². The van der Waals surface area contributed by atoms with E-state index < -0.39 is 0 Å². The molecule has 2 rings (SSSR count). The highest BCUT2D eigenvalue weighted by molar-refractivity contribution is 5.70. The van der Waals surface area contributed by atoms with E-state index in [1.807, 2.05) is 0 Å². The lowest BCUT2D eigenvalue weighted by atomic mass is 10.00. The molecule has 2 fully saturated rings. The van der Waals surface area contributed by atoms with E-state index in [1.54, 1.807) is 0 Å². The molecule has 2 bridgehead atoms. The fraction of sp³-hybridized carbons (Fsp3) is 0.900. The lowest BCUT2D eigenvalue weighted by Gasteiger charge is -2.36. The van der Waals surface area contributed by atoms with Crippen LogP contribution in [0.25, 0.3) is 0 Å². The molecule has 25 heavy (non-hydrogen) atoms. The third-order valence-electron chi connectivity index (χ3n) is 5.62. The van der Waals surface area contributed by atoms with Crippen molar-refractivity contribution in [3.8, 4) is 0 Å². The summed E-state index contributed by atoms with van der Waals surface area (Å²) in [6.45, 7) is 4.26. The molecule has 2 aliphatic heterocycles. The fourth-order valence-electron chi connectivity index (χ4n) is 4.11. The zero-order valence-corrected chi connectivity index (χ0v) is 16.2. The molecular formula is C20H35NO4. The molecule has 5 nitrogen and oxygen atoms in total. The first-order valence-electron chi connectivity index (χ1n) is 10.2. The van der Waals surface area contributed by atoms with E-state index >= 15 is 0 Å². The number of piperidine rings is 1. The summed E-state index contributed by atoms with van der Waals surface area (Å²) >= 11 is 0. The predicted octanol–water partition coefficient (Wildman–Crippen LogP) is 3.84. The Morgan fingerprint density at radius 3 is 2.08 bits per heavy atom. The smallest absolute Gasteiger partial charge is 0.306 e. The van der Waals surface area contributed by atoms with Gasteiger partial charge < -0.3 is 9.47 Å². The van der Waals surface area contributed by atoms with Crippen LogP contribution in [-0.2, 0) is 19.1 Å². The van der Waals surface area contributed by atoms with Crippen LogP contribution in [0.15, 0.2) is 0 Å². The minimum absolute atomic E-state index is 0.0240. The summed E-state index contributed by atoms with van der Waals surface area (Å²) in [7, 11) is 2.10. The summed E-state index contributed by atoms with van der Waals surface area (Å²) in [5.74, 6) is -0.150. The van der Waals surface area contributed by atoms with Crippen molar-refractivity contribution in [3.63, 3.8) is 0 Å². The Morgan fingerprint density at radius 2 is 1.48 bits per heavy atom. The lowest BCUT2D eigenvalue weighted by molar-refractivity contribution is -0.156. The number of esters is 2. The molecule has 0 unspecified atom stereocenters. The van der Waals surface area contributed by atoms with Crippen LogP contribution in [0.3, 0.4) is 0 Å². The number of carbonyl (C=O) groups excluding carboxylic acids is 2. The van der Waals surface area contributed by atoms with E-state index in [9.17, 15) is 9.59 Å². The molecule has 4 atom stereocenters. The van der Waals surface area contributed by atoms with Crippen molar-refractivity contribution >= 4 is 11.9 Å². The Balaban J connectivity index is 1.79. The number of unbranched alkanes of at least 4 members (excludes halogenated alkanes) is 4. The van der Waals surface area contributed by atoms with Crippen molar-refractivity contribution in [2.24, 2.45) is 0 Å². The second-order valence-corrected chi connectivity index (χ2v) is 7.65. The molecule has 0 saturated carbocycles. The average molecular weight is 354 g/mol. The maximum Gasteiger partial charge on any atom is 0.306 e. The third-order valence-corrected chi connectivity index (χ3v) is 5.62. The van der Waals surface area contributed by atoms with Crippen LogP contribution in [-0.4, -0.2) is 48.2 Å². The SMILES string of the molecule is CCCCCC(=O)O[C@H]1C[C@H]2C[C@H](OC(=O)CCCCC)[C@@H](C1)N2C. The standard InChI is InChI=1S/C20H35NO4/c1-4-6-8-10-19(22)24-16-12-15-13-18(17(14-16)21(15)3)25-20(23)11-9-7-5-2/h15-18H,4-14H2,1-3H3/t15-,16-,17+,18-/m0/s1. The number of ether oxygens (including phenoxy) is 2. The van der Waals surface area contributed by atoms with Gasteiger partial charge >= 0.3 is 11.9 Å². The van der Waals surface area contributed by atoms with Gasteiger partial charge in [0.25, 0.3) is 0 Å². The number of nitrogens with zero attached hydrogens (tertiary/aromatic N) is 1. The molecule has 2 heterocycles. The second kappa shape index (κ2) is 10.1. The van der Waals surface area contributed by atoms with Crippen molar-refractivity contribution in [2.75, 3.05) is 7.05 Å². The third kappa shape index (κ3) is 5.98. The van der Waals surface area contributed by atoms with E-state index in [0.717, 1.165) is 57.8 Å². The molecule has 0 amide bonds. The van der Waals surface area contributed by atoms with Gasteiger partial charge in [0.05, 0.1) is 6.04 Å². The van der Waals surface area contributed by atoms with Crippen LogP contribution in [0.1, 0.15) is 84.5 Å². The van der Waals surface area contributed by atoms with Crippen LogP contribution in [0.4, 0.5) is 0 Å². The van der Waals surface area contributed by atoms with Gasteiger partial charge in [0.1, 0.15) is 12.2 Å². The van der Waals surface area contributed by atoms with Gasteiger partial charge in [-0.1, -0.05) is 39.5 Å². The highest BCUT2D eigenvalue weighted by Crippen LogP contribution is 2.37. The van der Waals surface area contributed by atoms with Crippen LogP contribution in [0, 0.1) is 0 Å². The quantitative estimate of drug-likeness (QED) is 0.441. The number of hydrogen-bond donors (Lipinski definition) is 0. The van der Waals surface area contributed by atoms with Crippen molar-refractivity contribution in [1.29, 1.82) is 0 Å². The maximum absolute atomic E-state index is 12.0. The Bertz CT molecular complexity index is 437. The van der Waals surface area contributed by atoms with Gasteiger partial charge in [-0.15, -0.1) is 0 Å². The van der Waals surface area contributed by atoms with Crippen LogP contribution in [0.2, 0.25) is 0 Å². The Kier molecular flexibility index (Phi) is 8.20. The summed E-state index contributed by atoms with van der Waals surface area (Å²) in [4.78, 5) is 26.3. The van der Waals surface area contributed by atoms with Gasteiger partial charge in [0, 0.05) is 38.1 Å². The summed E-state index contributed by atoms with van der Waals surface area (Å²) in [6, 6.07) is 0.531. The molecular weight excluding hydrogens is 318 g/mol. The summed E-state index contributed by atoms with van der Waals surface area (Å²) < 4.78 is 11.4. The summed E-state index contributed by atoms with van der Waals surface area (Å²) in [6.07, 6.45) is 9.64. The van der Waals surface area contributed by atoms with E-state index in [0.29, 0.717) is 18.9 Å². The number of carbonyl (C=O) groups is 2. The summed E-state index contributed by atoms with van der Waals surface area (Å²) in [5, 5.41) is 0. The maximum atomic E-state index is 12.0. The first-order valence-corrected chi connectivity index (χ1v) is 10.2. The molecule has 5 heteroatoms. The number of hydrogen-bond acceptors (Lipinski definition) is 5. The first kappa shape index (κ1) is 20.2. The first-order chi connectivity index (χ1) is 12.0. The van der Waals surface area contributed by atoms with Gasteiger partial charge in [0.15, 0.2) is 0 Å². The van der Waals surface area contributed by atoms with Gasteiger partial charge in [0.2, 0.25) is 0 Å². The molecule has 0 aromatic carbocycles. The number of rotatable bonds is 10. The van der Waals surface area contributed by atoms with Crippen molar-refractivity contribution in [2.45, 2.75) is 109 Å². The van der Waals surface area contributed by atoms with Gasteiger partial charge in [-0.2, -0.15) is 0 Å². The van der Waals surface area contributed by atoms with Gasteiger partial charge in [-0.25, -0.2) is 0 Å². The molecule has 0 aliphatic carbocycles. The molecule has 0 spiro atoms. The molecule has 2 aliphatic rings. The summed E-state index contributed by atoms with van der Waals surface area (Å²) in [5.41, 5.74) is 0. The Labute approximate surface area is 152 Å². The van der Waals surface area contributed by atoms with Crippen LogP contribution >= 0.6 is 0 Å². The monoisotopic (exact) mass is 353 g/mol. The zero-order chi connectivity index (χ0) is 18.2. The minimum atomic E-state index is -0.0764.